The normalized spacial score (nSPS) is 11.5. The number of carbonyl (C=O) groups excluding carboxylic acids is 1. The summed E-state index contributed by atoms with van der Waals surface area (Å²) in [7, 11) is -1.05. The lowest BCUT2D eigenvalue weighted by molar-refractivity contribution is -0.137. The first-order valence-electron chi connectivity index (χ1n) is 8.28. The fourth-order valence-electron chi connectivity index (χ4n) is 2.40. The molecular weight excluding hydrogens is 372 g/mol. The lowest BCUT2D eigenvalue weighted by Gasteiger charge is -2.22. The smallest absolute Gasteiger partial charge is 0.303 e. The Bertz CT molecular complexity index is 890. The fourth-order valence-corrected chi connectivity index (χ4v) is 3.21. The number of carbonyl (C=O) groups is 2. The Morgan fingerprint density at radius 1 is 1.15 bits per heavy atom. The van der Waals surface area contributed by atoms with Gasteiger partial charge in [0, 0.05) is 39.7 Å². The number of aliphatic carboxylic acids is 1. The maximum absolute atomic E-state index is 12.8. The number of rotatable bonds is 9. The lowest BCUT2D eigenvalue weighted by atomic mass is 10.2. The average molecular weight is 394 g/mol. The van der Waals surface area contributed by atoms with Gasteiger partial charge in [-0.25, -0.2) is 12.7 Å². The topological polar surface area (TPSA) is 108 Å². The molecule has 0 atom stereocenters. The molecule has 1 amide bonds. The van der Waals surface area contributed by atoms with Gasteiger partial charge in [0.05, 0.1) is 5.56 Å². The second kappa shape index (κ2) is 8.83. The van der Waals surface area contributed by atoms with Crippen LogP contribution in [0.5, 0.6) is 0 Å². The van der Waals surface area contributed by atoms with Gasteiger partial charge in [0.1, 0.15) is 6.26 Å². The first-order valence-corrected chi connectivity index (χ1v) is 9.72. The molecule has 0 aliphatic carbocycles. The van der Waals surface area contributed by atoms with Gasteiger partial charge < -0.3 is 14.4 Å². The largest absolute Gasteiger partial charge is 0.481 e. The average Bonchev–Trinajstić information content (AvgIpc) is 3.11. The minimum Gasteiger partial charge on any atom is -0.481 e. The van der Waals surface area contributed by atoms with Gasteiger partial charge in [0.15, 0.2) is 0 Å². The van der Waals surface area contributed by atoms with E-state index >= 15 is 0 Å². The van der Waals surface area contributed by atoms with Crippen LogP contribution >= 0.6 is 0 Å². The predicted molar refractivity (Wildman–Crippen MR) is 97.6 cm³/mol. The van der Waals surface area contributed by atoms with Gasteiger partial charge in [-0.3, -0.25) is 9.59 Å². The summed E-state index contributed by atoms with van der Waals surface area (Å²) >= 11 is 0. The number of hydrogen-bond acceptors (Lipinski definition) is 5. The molecule has 0 aliphatic rings. The highest BCUT2D eigenvalue weighted by Gasteiger charge is 2.25. The molecule has 0 spiro atoms. The zero-order valence-corrected chi connectivity index (χ0v) is 16.0. The van der Waals surface area contributed by atoms with Crippen LogP contribution in [-0.4, -0.2) is 55.2 Å². The summed E-state index contributed by atoms with van der Waals surface area (Å²) in [5.41, 5.74) is 0.979. The van der Waals surface area contributed by atoms with Crippen molar-refractivity contribution >= 4 is 21.9 Å². The highest BCUT2D eigenvalue weighted by atomic mass is 32.2. The summed E-state index contributed by atoms with van der Waals surface area (Å²) < 4.78 is 30.3. The van der Waals surface area contributed by atoms with E-state index in [1.807, 2.05) is 30.3 Å². The molecule has 2 aromatic rings. The van der Waals surface area contributed by atoms with Crippen LogP contribution in [0.4, 0.5) is 0 Å². The van der Waals surface area contributed by atoms with Crippen LogP contribution in [0.25, 0.3) is 0 Å². The minimum atomic E-state index is -3.78. The summed E-state index contributed by atoms with van der Waals surface area (Å²) in [6.45, 7) is 0.501. The maximum Gasteiger partial charge on any atom is 0.303 e. The molecule has 8 nitrogen and oxygen atoms in total. The van der Waals surface area contributed by atoms with Crippen molar-refractivity contribution in [2.24, 2.45) is 0 Å². The van der Waals surface area contributed by atoms with Gasteiger partial charge in [-0.1, -0.05) is 30.3 Å². The van der Waals surface area contributed by atoms with E-state index in [4.69, 9.17) is 9.52 Å². The van der Waals surface area contributed by atoms with Gasteiger partial charge in [-0.15, -0.1) is 0 Å². The predicted octanol–water partition coefficient (Wildman–Crippen LogP) is 2.04. The molecule has 0 saturated carbocycles. The van der Waals surface area contributed by atoms with E-state index in [1.165, 1.54) is 25.1 Å². The number of nitrogens with zero attached hydrogens (tertiary/aromatic N) is 2. The molecule has 0 saturated heterocycles. The molecule has 0 radical (unpaired) electrons. The van der Waals surface area contributed by atoms with Crippen molar-refractivity contribution in [2.45, 2.75) is 24.5 Å². The number of carboxylic acid groups (broad SMARTS) is 1. The van der Waals surface area contributed by atoms with Crippen molar-refractivity contribution in [3.05, 3.63) is 53.8 Å². The zero-order chi connectivity index (χ0) is 20.0. The number of sulfonamides is 1. The van der Waals surface area contributed by atoms with Crippen LogP contribution < -0.4 is 0 Å². The number of benzene rings is 1. The van der Waals surface area contributed by atoms with Gasteiger partial charge in [-0.2, -0.15) is 0 Å². The van der Waals surface area contributed by atoms with Crippen molar-refractivity contribution in [3.8, 4) is 0 Å². The SMILES string of the molecule is CN(C)S(=O)(=O)c1cc(C(=O)N(CCCC(=O)O)Cc2ccccc2)co1. The molecule has 1 N–H and O–H groups in total. The molecule has 2 rings (SSSR count). The van der Waals surface area contributed by atoms with E-state index in [0.29, 0.717) is 0 Å². The summed E-state index contributed by atoms with van der Waals surface area (Å²) in [4.78, 5) is 25.1. The van der Waals surface area contributed by atoms with E-state index in [1.54, 1.807) is 0 Å². The van der Waals surface area contributed by atoms with Gasteiger partial charge in [-0.05, 0) is 12.0 Å². The highest BCUT2D eigenvalue weighted by molar-refractivity contribution is 7.88. The van der Waals surface area contributed by atoms with Crippen LogP contribution in [0.3, 0.4) is 0 Å². The Labute approximate surface area is 158 Å². The van der Waals surface area contributed by atoms with E-state index < -0.39 is 21.9 Å². The molecule has 9 heteroatoms. The quantitative estimate of drug-likeness (QED) is 0.697. The molecule has 1 heterocycles. The Hall–Kier alpha value is -2.65. The summed E-state index contributed by atoms with van der Waals surface area (Å²) in [5.74, 6) is -1.36. The van der Waals surface area contributed by atoms with Crippen molar-refractivity contribution in [1.29, 1.82) is 0 Å². The molecule has 1 aromatic carbocycles. The molecule has 0 unspecified atom stereocenters. The van der Waals surface area contributed by atoms with E-state index in [-0.39, 0.29) is 36.6 Å². The van der Waals surface area contributed by atoms with Crippen LogP contribution in [-0.2, 0) is 21.4 Å². The van der Waals surface area contributed by atoms with Crippen molar-refractivity contribution in [3.63, 3.8) is 0 Å². The van der Waals surface area contributed by atoms with Crippen LogP contribution in [0, 0.1) is 0 Å². The summed E-state index contributed by atoms with van der Waals surface area (Å²) in [6, 6.07) is 10.4. The Balaban J connectivity index is 2.22. The van der Waals surface area contributed by atoms with Crippen LogP contribution in [0.1, 0.15) is 28.8 Å². The molecule has 146 valence electrons. The Kier molecular flexibility index (Phi) is 6.75. The molecule has 0 aliphatic heterocycles. The monoisotopic (exact) mass is 394 g/mol. The van der Waals surface area contributed by atoms with E-state index in [0.717, 1.165) is 16.1 Å². The highest BCUT2D eigenvalue weighted by Crippen LogP contribution is 2.19. The minimum absolute atomic E-state index is 0.0653. The fraction of sp³-hybridized carbons (Fsp3) is 0.333. The number of carboxylic acids is 1. The van der Waals surface area contributed by atoms with Crippen LogP contribution in [0.15, 0.2) is 52.2 Å². The maximum atomic E-state index is 12.8. The number of hydrogen-bond donors (Lipinski definition) is 1. The van der Waals surface area contributed by atoms with Gasteiger partial charge in [0.2, 0.25) is 5.09 Å². The lowest BCUT2D eigenvalue weighted by Crippen LogP contribution is -2.31. The van der Waals surface area contributed by atoms with Gasteiger partial charge in [0.25, 0.3) is 15.9 Å². The second-order valence-electron chi connectivity index (χ2n) is 6.15. The van der Waals surface area contributed by atoms with Crippen LogP contribution in [0.2, 0.25) is 0 Å². The summed E-state index contributed by atoms with van der Waals surface area (Å²) in [6.07, 6.45) is 1.33. The second-order valence-corrected chi connectivity index (χ2v) is 8.23. The van der Waals surface area contributed by atoms with Crippen molar-refractivity contribution < 1.29 is 27.5 Å². The Morgan fingerprint density at radius 2 is 1.81 bits per heavy atom. The van der Waals surface area contributed by atoms with E-state index in [9.17, 15) is 18.0 Å². The first-order chi connectivity index (χ1) is 12.7. The number of furan rings is 1. The molecule has 0 bridgehead atoms. The first kappa shape index (κ1) is 20.7. The molecule has 0 fully saturated rings. The Morgan fingerprint density at radius 3 is 2.41 bits per heavy atom. The van der Waals surface area contributed by atoms with E-state index in [2.05, 4.69) is 0 Å². The third-order valence-corrected chi connectivity index (χ3v) is 5.56. The third kappa shape index (κ3) is 5.41. The standard InChI is InChI=1S/C18H22N2O6S/c1-19(2)27(24,25)17-11-15(13-26-17)18(23)20(10-6-9-16(21)22)12-14-7-4-3-5-8-14/h3-5,7-8,11,13H,6,9-10,12H2,1-2H3,(H,21,22). The summed E-state index contributed by atoms with van der Waals surface area (Å²) in [5, 5.41) is 8.51. The van der Waals surface area contributed by atoms with Crippen molar-refractivity contribution in [1.82, 2.24) is 9.21 Å². The molecule has 1 aromatic heterocycles. The van der Waals surface area contributed by atoms with Gasteiger partial charge >= 0.3 is 5.97 Å². The molecule has 27 heavy (non-hydrogen) atoms. The number of amides is 1. The van der Waals surface area contributed by atoms with Crippen molar-refractivity contribution in [2.75, 3.05) is 20.6 Å². The molecular formula is C18H22N2O6S. The third-order valence-electron chi connectivity index (χ3n) is 3.88. The zero-order valence-electron chi connectivity index (χ0n) is 15.2.